The first-order valence-corrected chi connectivity index (χ1v) is 10.5. The van der Waals surface area contributed by atoms with E-state index in [0.29, 0.717) is 32.0 Å². The lowest BCUT2D eigenvalue weighted by Gasteiger charge is -2.39. The number of phenolic OH excluding ortho intramolecular Hbond substituents is 1. The fourth-order valence-electron chi connectivity index (χ4n) is 4.15. The van der Waals surface area contributed by atoms with Crippen LogP contribution in [-0.4, -0.2) is 84.2 Å². The van der Waals surface area contributed by atoms with Gasteiger partial charge in [0.15, 0.2) is 0 Å². The number of hydrogen-bond donors (Lipinski definition) is 1. The molecule has 1 N–H and O–H groups in total. The Balaban J connectivity index is 1.26. The molecule has 4 rings (SSSR count). The number of para-hydroxylation sites is 1. The van der Waals surface area contributed by atoms with Crippen molar-refractivity contribution in [3.05, 3.63) is 65.5 Å². The summed E-state index contributed by atoms with van der Waals surface area (Å²) < 4.78 is 19.9. The van der Waals surface area contributed by atoms with Crippen molar-refractivity contribution in [2.75, 3.05) is 52.4 Å². The van der Waals surface area contributed by atoms with Crippen molar-refractivity contribution in [2.24, 2.45) is 0 Å². The second-order valence-electron chi connectivity index (χ2n) is 7.93. The topological polar surface area (TPSA) is 56.3 Å². The molecule has 2 aliphatic rings. The molecule has 30 heavy (non-hydrogen) atoms. The highest BCUT2D eigenvalue weighted by atomic mass is 19.1. The van der Waals surface area contributed by atoms with Gasteiger partial charge in [0.05, 0.1) is 18.3 Å². The van der Waals surface area contributed by atoms with Gasteiger partial charge in [-0.15, -0.1) is 0 Å². The maximum absolute atomic E-state index is 13.9. The van der Waals surface area contributed by atoms with E-state index in [2.05, 4.69) is 9.80 Å². The van der Waals surface area contributed by atoms with Gasteiger partial charge in [0, 0.05) is 57.9 Å². The molecule has 0 saturated carbocycles. The molecule has 0 bridgehead atoms. The van der Waals surface area contributed by atoms with Crippen LogP contribution >= 0.6 is 0 Å². The Morgan fingerprint density at radius 1 is 1.00 bits per heavy atom. The Morgan fingerprint density at radius 2 is 1.73 bits per heavy atom. The number of nitrogens with zero attached hydrogens (tertiary/aromatic N) is 3. The van der Waals surface area contributed by atoms with E-state index in [-0.39, 0.29) is 17.6 Å². The molecular weight excluding hydrogens is 385 g/mol. The predicted molar refractivity (Wildman–Crippen MR) is 112 cm³/mol. The number of carbonyl (C=O) groups excluding carboxylic acids is 1. The molecule has 6 nitrogen and oxygen atoms in total. The Labute approximate surface area is 176 Å². The molecule has 2 saturated heterocycles. The lowest BCUT2D eigenvalue weighted by Crippen LogP contribution is -2.53. The van der Waals surface area contributed by atoms with E-state index in [1.165, 1.54) is 6.07 Å². The van der Waals surface area contributed by atoms with Gasteiger partial charge in [-0.2, -0.15) is 0 Å². The molecule has 2 aromatic rings. The van der Waals surface area contributed by atoms with E-state index >= 15 is 0 Å². The highest BCUT2D eigenvalue weighted by molar-refractivity contribution is 5.94. The van der Waals surface area contributed by atoms with Crippen LogP contribution in [0.4, 0.5) is 4.39 Å². The van der Waals surface area contributed by atoms with Crippen LogP contribution in [0.15, 0.2) is 48.5 Å². The molecule has 1 amide bonds. The van der Waals surface area contributed by atoms with Crippen molar-refractivity contribution in [1.82, 2.24) is 14.7 Å². The number of phenols is 1. The summed E-state index contributed by atoms with van der Waals surface area (Å²) in [6, 6.07) is 13.6. The van der Waals surface area contributed by atoms with E-state index in [1.54, 1.807) is 29.2 Å². The monoisotopic (exact) mass is 413 g/mol. The Bertz CT molecular complexity index is 870. The van der Waals surface area contributed by atoms with Gasteiger partial charge in [0.2, 0.25) is 0 Å². The number of benzene rings is 2. The Morgan fingerprint density at radius 3 is 2.50 bits per heavy atom. The molecule has 160 valence electrons. The lowest BCUT2D eigenvalue weighted by molar-refractivity contribution is -0.0498. The predicted octanol–water partition coefficient (Wildman–Crippen LogP) is 2.19. The fourth-order valence-corrected chi connectivity index (χ4v) is 4.15. The standard InChI is InChI=1S/C23H28FN3O3/c24-21-7-3-2-6-20(21)23(29)27-11-9-25(10-12-27)16-19-17-26(13-14-30-19)15-18-5-1-4-8-22(18)28/h1-8,19,28H,9-17H2. The van der Waals surface area contributed by atoms with E-state index < -0.39 is 5.82 Å². The van der Waals surface area contributed by atoms with E-state index in [0.717, 1.165) is 38.3 Å². The second kappa shape index (κ2) is 9.55. The van der Waals surface area contributed by atoms with Crippen LogP contribution in [0.25, 0.3) is 0 Å². The highest BCUT2D eigenvalue weighted by Crippen LogP contribution is 2.20. The normalized spacial score (nSPS) is 21.0. The van der Waals surface area contributed by atoms with Gasteiger partial charge < -0.3 is 14.7 Å². The first-order valence-electron chi connectivity index (χ1n) is 10.5. The SMILES string of the molecule is O=C(c1ccccc1F)N1CCN(CC2CN(Cc3ccccc3O)CCO2)CC1. The molecule has 2 heterocycles. The van der Waals surface area contributed by atoms with Gasteiger partial charge in [-0.05, 0) is 18.2 Å². The third-order valence-electron chi connectivity index (χ3n) is 5.83. The van der Waals surface area contributed by atoms with Crippen LogP contribution in [0, 0.1) is 5.82 Å². The summed E-state index contributed by atoms with van der Waals surface area (Å²) in [5.74, 6) is -0.378. The molecule has 0 spiro atoms. The summed E-state index contributed by atoms with van der Waals surface area (Å²) in [7, 11) is 0. The minimum absolute atomic E-state index is 0.0958. The number of carbonyl (C=O) groups is 1. The van der Waals surface area contributed by atoms with Crippen LogP contribution in [0.3, 0.4) is 0 Å². The van der Waals surface area contributed by atoms with Crippen molar-refractivity contribution < 1.29 is 19.0 Å². The summed E-state index contributed by atoms with van der Waals surface area (Å²) in [5.41, 5.74) is 1.07. The molecule has 7 heteroatoms. The summed E-state index contributed by atoms with van der Waals surface area (Å²) >= 11 is 0. The van der Waals surface area contributed by atoms with Gasteiger partial charge >= 0.3 is 0 Å². The van der Waals surface area contributed by atoms with E-state index in [4.69, 9.17) is 4.74 Å². The molecule has 1 atom stereocenters. The van der Waals surface area contributed by atoms with E-state index in [1.807, 2.05) is 18.2 Å². The van der Waals surface area contributed by atoms with Crippen molar-refractivity contribution >= 4 is 5.91 Å². The van der Waals surface area contributed by atoms with Crippen LogP contribution < -0.4 is 0 Å². The van der Waals surface area contributed by atoms with Gasteiger partial charge in [-0.1, -0.05) is 30.3 Å². The van der Waals surface area contributed by atoms with Crippen LogP contribution in [0.5, 0.6) is 5.75 Å². The number of piperazine rings is 1. The average Bonchev–Trinajstić information content (AvgIpc) is 2.76. The minimum atomic E-state index is -0.468. The molecule has 2 fully saturated rings. The zero-order valence-corrected chi connectivity index (χ0v) is 17.0. The largest absolute Gasteiger partial charge is 0.508 e. The van der Waals surface area contributed by atoms with E-state index in [9.17, 15) is 14.3 Å². The molecule has 0 aromatic heterocycles. The number of ether oxygens (including phenoxy) is 1. The third-order valence-corrected chi connectivity index (χ3v) is 5.83. The maximum atomic E-state index is 13.9. The van der Waals surface area contributed by atoms with Crippen molar-refractivity contribution in [1.29, 1.82) is 0 Å². The summed E-state index contributed by atoms with van der Waals surface area (Å²) in [5, 5.41) is 10.0. The van der Waals surface area contributed by atoms with Crippen LogP contribution in [0.1, 0.15) is 15.9 Å². The second-order valence-corrected chi connectivity index (χ2v) is 7.93. The highest BCUT2D eigenvalue weighted by Gasteiger charge is 2.27. The van der Waals surface area contributed by atoms with Gasteiger partial charge in [0.1, 0.15) is 11.6 Å². The first-order chi connectivity index (χ1) is 14.6. The number of halogens is 1. The Kier molecular flexibility index (Phi) is 6.62. The lowest BCUT2D eigenvalue weighted by atomic mass is 10.1. The van der Waals surface area contributed by atoms with Crippen LogP contribution in [0.2, 0.25) is 0 Å². The average molecular weight is 413 g/mol. The first kappa shape index (κ1) is 20.8. The molecular formula is C23H28FN3O3. The van der Waals surface area contributed by atoms with Gasteiger partial charge in [0.25, 0.3) is 5.91 Å². The number of aromatic hydroxyl groups is 1. The summed E-state index contributed by atoms with van der Waals surface area (Å²) in [6.45, 7) is 6.50. The zero-order chi connectivity index (χ0) is 20.9. The zero-order valence-electron chi connectivity index (χ0n) is 17.0. The minimum Gasteiger partial charge on any atom is -0.508 e. The summed E-state index contributed by atoms with van der Waals surface area (Å²) in [4.78, 5) is 18.9. The molecule has 0 radical (unpaired) electrons. The van der Waals surface area contributed by atoms with Crippen LogP contribution in [-0.2, 0) is 11.3 Å². The molecule has 0 aliphatic carbocycles. The number of rotatable bonds is 5. The summed E-state index contributed by atoms with van der Waals surface area (Å²) in [6.07, 6.45) is 0.0958. The molecule has 2 aromatic carbocycles. The third kappa shape index (κ3) is 4.98. The molecule has 1 unspecified atom stereocenters. The van der Waals surface area contributed by atoms with Crippen molar-refractivity contribution in [3.8, 4) is 5.75 Å². The number of amides is 1. The fraction of sp³-hybridized carbons (Fsp3) is 0.435. The molecule has 2 aliphatic heterocycles. The quantitative estimate of drug-likeness (QED) is 0.815. The number of morpholine rings is 1. The van der Waals surface area contributed by atoms with Crippen molar-refractivity contribution in [3.63, 3.8) is 0 Å². The smallest absolute Gasteiger partial charge is 0.256 e. The number of hydrogen-bond acceptors (Lipinski definition) is 5. The van der Waals surface area contributed by atoms with Gasteiger partial charge in [-0.25, -0.2) is 4.39 Å². The Hall–Kier alpha value is -2.48. The maximum Gasteiger partial charge on any atom is 0.256 e. The van der Waals surface area contributed by atoms with Crippen molar-refractivity contribution in [2.45, 2.75) is 12.6 Å². The van der Waals surface area contributed by atoms with Gasteiger partial charge in [-0.3, -0.25) is 14.6 Å².